The Morgan fingerprint density at radius 3 is 0.938 bits per heavy atom. The summed E-state index contributed by atoms with van der Waals surface area (Å²) in [5.74, 6) is -1.10. The third kappa shape index (κ3) is 20.2. The second kappa shape index (κ2) is 27.3. The van der Waals surface area contributed by atoms with Crippen LogP contribution in [-0.2, 0) is 33.5 Å². The van der Waals surface area contributed by atoms with Gasteiger partial charge in [-0.05, 0) is 98.5 Å². The highest BCUT2D eigenvalue weighted by Crippen LogP contribution is 2.18. The number of anilines is 3. The lowest BCUT2D eigenvalue weighted by atomic mass is 10.1. The molecule has 0 atom stereocenters. The molecule has 0 radical (unpaired) electrons. The van der Waals surface area contributed by atoms with Gasteiger partial charge < -0.3 is 45.5 Å². The summed E-state index contributed by atoms with van der Waals surface area (Å²) in [6, 6.07) is 21.5. The molecule has 0 aliphatic heterocycles. The first-order valence-corrected chi connectivity index (χ1v) is 20.1. The topological polar surface area (TPSA) is 267 Å². The minimum atomic E-state index is -0.745. The molecule has 342 valence electrons. The highest BCUT2D eigenvalue weighted by Gasteiger charge is 2.05. The molecule has 3 aromatic carbocycles. The Morgan fingerprint density at radius 2 is 0.766 bits per heavy atom. The zero-order chi connectivity index (χ0) is 48.7. The molecule has 64 heavy (non-hydrogen) atoms. The van der Waals surface area contributed by atoms with Gasteiger partial charge in [0.25, 0.3) is 16.7 Å². The number of ketones is 1. The van der Waals surface area contributed by atoms with E-state index >= 15 is 0 Å². The van der Waals surface area contributed by atoms with Crippen LogP contribution in [0, 0.1) is 20.8 Å². The number of nitrogens with one attached hydrogen (secondary N) is 6. The van der Waals surface area contributed by atoms with Crippen LogP contribution in [0.4, 0.5) is 17.1 Å². The number of H-pyrrole nitrogens is 3. The minimum absolute atomic E-state index is 0.137. The van der Waals surface area contributed by atoms with Crippen LogP contribution in [0.2, 0.25) is 0 Å². The van der Waals surface area contributed by atoms with E-state index in [0.717, 1.165) is 33.2 Å². The Labute approximate surface area is 370 Å². The lowest BCUT2D eigenvalue weighted by Crippen LogP contribution is -2.09. The SMILES string of the molecule is CC(=O)Nc1ccc2cc(C)[nH]c(=O)c2c1.CC(=O)Nc1ccc2cc(C)[nH]c(=O)c2c1.CC(=O)Nc1ccc2cc(C)[nH]c(=O)c2c1.CCC(=O)O.CCC(=O)OC.CCC(C)=O. The first-order chi connectivity index (χ1) is 30.0. The normalized spacial score (nSPS) is 9.67. The predicted octanol–water partition coefficient (Wildman–Crippen LogP) is 7.42. The molecule has 0 aliphatic carbocycles. The third-order valence-electron chi connectivity index (χ3n) is 8.22. The number of carboxylic acids is 1. The van der Waals surface area contributed by atoms with E-state index in [4.69, 9.17) is 5.11 Å². The fraction of sp³-hybridized carbons (Fsp3) is 0.298. The maximum absolute atomic E-state index is 11.7. The molecule has 6 rings (SSSR count). The van der Waals surface area contributed by atoms with Crippen molar-refractivity contribution in [3.05, 3.63) is 121 Å². The van der Waals surface area contributed by atoms with Gasteiger partial charge >= 0.3 is 11.9 Å². The number of aryl methyl sites for hydroxylation is 3. The van der Waals surface area contributed by atoms with Crippen molar-refractivity contribution in [1.29, 1.82) is 0 Å². The summed E-state index contributed by atoms with van der Waals surface area (Å²) in [5.41, 5.74) is 3.96. The molecule has 0 spiro atoms. The minimum Gasteiger partial charge on any atom is -0.481 e. The van der Waals surface area contributed by atoms with E-state index in [9.17, 15) is 43.2 Å². The summed E-state index contributed by atoms with van der Waals surface area (Å²) in [7, 11) is 1.38. The van der Waals surface area contributed by atoms with E-state index in [1.54, 1.807) is 57.2 Å². The van der Waals surface area contributed by atoms with Crippen molar-refractivity contribution in [1.82, 2.24) is 15.0 Å². The van der Waals surface area contributed by atoms with Crippen molar-refractivity contribution < 1.29 is 38.6 Å². The van der Waals surface area contributed by atoms with Crippen LogP contribution in [0.5, 0.6) is 0 Å². The standard InChI is InChI=1S/3C12H12N2O2.C4H8O2.C4H8O.C3H6O2/c3*1-7-5-9-3-4-10(14-8(2)15)6-11(9)12(16)13-7;1-3-4(5)6-2;1-3-4(2)5;1-2-3(4)5/h3*3-6H,1-2H3,(H,13,16)(H,14,15);3H2,1-2H3;3H2,1-2H3;2H2,1H3,(H,4,5). The van der Waals surface area contributed by atoms with Crippen LogP contribution < -0.4 is 32.6 Å². The van der Waals surface area contributed by atoms with E-state index in [1.807, 2.05) is 64.1 Å². The summed E-state index contributed by atoms with van der Waals surface area (Å²) in [6.45, 7) is 16.6. The fourth-order valence-corrected chi connectivity index (χ4v) is 5.17. The van der Waals surface area contributed by atoms with Crippen molar-refractivity contribution >= 4 is 84.8 Å². The molecule has 17 nitrogen and oxygen atoms in total. The number of aromatic amines is 3. The molecule has 17 heteroatoms. The molecule has 3 aromatic heterocycles. The Bertz CT molecular complexity index is 2490. The van der Waals surface area contributed by atoms with Gasteiger partial charge in [0.15, 0.2) is 0 Å². The average molecular weight is 883 g/mol. The smallest absolute Gasteiger partial charge is 0.305 e. The molecule has 0 saturated heterocycles. The number of rotatable bonds is 6. The number of fused-ring (bicyclic) bond motifs is 3. The van der Waals surface area contributed by atoms with Crippen LogP contribution >= 0.6 is 0 Å². The number of methoxy groups -OCH3 is 1. The van der Waals surface area contributed by atoms with Gasteiger partial charge in [-0.1, -0.05) is 39.0 Å². The molecular formula is C47H58N6O11. The van der Waals surface area contributed by atoms with Crippen LogP contribution in [-0.4, -0.2) is 62.6 Å². The number of hydrogen-bond acceptors (Lipinski definition) is 10. The van der Waals surface area contributed by atoms with Crippen LogP contribution in [0.15, 0.2) is 87.2 Å². The van der Waals surface area contributed by atoms with Gasteiger partial charge in [0.2, 0.25) is 17.7 Å². The Morgan fingerprint density at radius 1 is 0.500 bits per heavy atom. The number of pyridine rings is 3. The number of carboxylic acid groups (broad SMARTS) is 1. The summed E-state index contributed by atoms with van der Waals surface area (Å²) >= 11 is 0. The second-order valence-electron chi connectivity index (χ2n) is 14.0. The number of carbonyl (C=O) groups is 6. The molecule has 0 aliphatic rings. The number of carbonyl (C=O) groups excluding carboxylic acids is 5. The molecule has 3 heterocycles. The number of hydrogen-bond donors (Lipinski definition) is 7. The first kappa shape index (κ1) is 54.3. The predicted molar refractivity (Wildman–Crippen MR) is 252 cm³/mol. The lowest BCUT2D eigenvalue weighted by molar-refractivity contribution is -0.140. The van der Waals surface area contributed by atoms with Crippen LogP contribution in [0.25, 0.3) is 32.3 Å². The Hall–Kier alpha value is -7.69. The average Bonchev–Trinajstić information content (AvgIpc) is 3.21. The molecule has 7 N–H and O–H groups in total. The maximum atomic E-state index is 11.7. The van der Waals surface area contributed by atoms with Gasteiger partial charge in [-0.2, -0.15) is 0 Å². The number of esters is 1. The van der Waals surface area contributed by atoms with E-state index in [0.29, 0.717) is 46.1 Å². The van der Waals surface area contributed by atoms with E-state index in [2.05, 4.69) is 35.6 Å². The summed E-state index contributed by atoms with van der Waals surface area (Å²) in [6.07, 6.45) is 1.36. The van der Waals surface area contributed by atoms with E-state index in [1.165, 1.54) is 27.9 Å². The highest BCUT2D eigenvalue weighted by atomic mass is 16.5. The summed E-state index contributed by atoms with van der Waals surface area (Å²) in [5, 5.41) is 20.0. The van der Waals surface area contributed by atoms with Crippen molar-refractivity contribution in [2.75, 3.05) is 23.1 Å². The second-order valence-corrected chi connectivity index (χ2v) is 14.0. The molecule has 6 aromatic rings. The molecule has 3 amide bonds. The number of aliphatic carboxylic acids is 1. The highest BCUT2D eigenvalue weighted by molar-refractivity contribution is 5.95. The van der Waals surface area contributed by atoms with Crippen molar-refractivity contribution in [2.45, 2.75) is 88.5 Å². The van der Waals surface area contributed by atoms with E-state index < -0.39 is 5.97 Å². The Balaban J connectivity index is 0.000000411. The summed E-state index contributed by atoms with van der Waals surface area (Å²) < 4.78 is 4.26. The lowest BCUT2D eigenvalue weighted by Gasteiger charge is -2.04. The fourth-order valence-electron chi connectivity index (χ4n) is 5.17. The number of amides is 3. The Kier molecular flexibility index (Phi) is 23.2. The third-order valence-corrected chi connectivity index (χ3v) is 8.22. The molecular weight excluding hydrogens is 825 g/mol. The van der Waals surface area contributed by atoms with Gasteiger partial charge in [0.1, 0.15) is 5.78 Å². The quantitative estimate of drug-likeness (QED) is 0.0809. The van der Waals surface area contributed by atoms with Gasteiger partial charge in [-0.15, -0.1) is 0 Å². The van der Waals surface area contributed by atoms with Gasteiger partial charge in [-0.3, -0.25) is 38.4 Å². The monoisotopic (exact) mass is 882 g/mol. The van der Waals surface area contributed by atoms with Gasteiger partial charge in [-0.25, -0.2) is 0 Å². The molecule has 0 fully saturated rings. The zero-order valence-electron chi connectivity index (χ0n) is 38.1. The number of benzene rings is 3. The number of Topliss-reactive ketones (excluding diaryl/α,β-unsaturated/α-hetero) is 1. The van der Waals surface area contributed by atoms with Crippen molar-refractivity contribution in [3.63, 3.8) is 0 Å². The molecule has 0 unspecified atom stereocenters. The van der Waals surface area contributed by atoms with Gasteiger partial charge in [0.05, 0.1) is 7.11 Å². The van der Waals surface area contributed by atoms with Crippen molar-refractivity contribution in [2.24, 2.45) is 0 Å². The van der Waals surface area contributed by atoms with Crippen LogP contribution in [0.1, 0.15) is 84.8 Å². The summed E-state index contributed by atoms with van der Waals surface area (Å²) in [4.78, 5) is 105. The molecule has 0 bridgehead atoms. The number of ether oxygens (including phenoxy) is 1. The maximum Gasteiger partial charge on any atom is 0.305 e. The van der Waals surface area contributed by atoms with Crippen LogP contribution in [0.3, 0.4) is 0 Å². The van der Waals surface area contributed by atoms with E-state index in [-0.39, 0.29) is 52.6 Å². The molecule has 0 saturated carbocycles. The first-order valence-electron chi connectivity index (χ1n) is 20.1. The zero-order valence-corrected chi connectivity index (χ0v) is 38.1. The number of aromatic nitrogens is 3. The van der Waals surface area contributed by atoms with Gasteiger partial charge in [0, 0.05) is 90.3 Å². The van der Waals surface area contributed by atoms with Crippen molar-refractivity contribution in [3.8, 4) is 0 Å². The largest absolute Gasteiger partial charge is 0.481 e.